The van der Waals surface area contributed by atoms with E-state index in [2.05, 4.69) is 32.9 Å². The third-order valence-corrected chi connectivity index (χ3v) is 6.96. The van der Waals surface area contributed by atoms with Gasteiger partial charge in [-0.3, -0.25) is 0 Å². The molecule has 0 saturated heterocycles. The van der Waals surface area contributed by atoms with Crippen LogP contribution >= 0.6 is 0 Å². The molecule has 0 heterocycles. The zero-order valence-electron chi connectivity index (χ0n) is 9.38. The molecular formula is C12H20OSi. The Labute approximate surface area is 87.9 Å². The highest BCUT2D eigenvalue weighted by atomic mass is 28.4. The van der Waals surface area contributed by atoms with Crippen LogP contribution in [0.5, 0.6) is 0 Å². The molecule has 1 rings (SSSR count). The molecule has 0 fully saturated rings. The Morgan fingerprint density at radius 2 is 1.86 bits per heavy atom. The van der Waals surface area contributed by atoms with Gasteiger partial charge in [-0.05, 0) is 29.8 Å². The van der Waals surface area contributed by atoms with Crippen molar-refractivity contribution in [1.82, 2.24) is 0 Å². The van der Waals surface area contributed by atoms with Crippen LogP contribution in [0.2, 0.25) is 12.1 Å². The van der Waals surface area contributed by atoms with Crippen LogP contribution in [0.15, 0.2) is 24.3 Å². The van der Waals surface area contributed by atoms with Gasteiger partial charge in [0.25, 0.3) is 0 Å². The first-order chi connectivity index (χ1) is 6.64. The third kappa shape index (κ3) is 2.25. The van der Waals surface area contributed by atoms with Gasteiger partial charge in [-0.1, -0.05) is 44.5 Å². The Kier molecular flexibility index (Phi) is 3.90. The van der Waals surface area contributed by atoms with Gasteiger partial charge in [-0.15, -0.1) is 0 Å². The van der Waals surface area contributed by atoms with Gasteiger partial charge < -0.3 is 4.80 Å². The van der Waals surface area contributed by atoms with Crippen molar-refractivity contribution in [3.63, 3.8) is 0 Å². The molecule has 1 aromatic rings. The monoisotopic (exact) mass is 208 g/mol. The first-order valence-electron chi connectivity index (χ1n) is 5.42. The maximum Gasteiger partial charge on any atom is 0.220 e. The quantitative estimate of drug-likeness (QED) is 0.754. The van der Waals surface area contributed by atoms with Crippen LogP contribution in [0.4, 0.5) is 0 Å². The lowest BCUT2D eigenvalue weighted by atomic mass is 10.2. The fourth-order valence-corrected chi connectivity index (χ4v) is 5.07. The van der Waals surface area contributed by atoms with Gasteiger partial charge in [0, 0.05) is 0 Å². The molecule has 2 heteroatoms. The lowest BCUT2D eigenvalue weighted by Gasteiger charge is -2.25. The standard InChI is InChI=1S/C12H20OSi/c1-4-10-14(13,5-2)12-9-7-6-8-11(12)3/h6-9,13H,4-5,10H2,1-3H3. The highest BCUT2D eigenvalue weighted by molar-refractivity contribution is 6.85. The van der Waals surface area contributed by atoms with E-state index in [1.54, 1.807) is 0 Å². The topological polar surface area (TPSA) is 20.2 Å². The minimum Gasteiger partial charge on any atom is -0.427 e. The van der Waals surface area contributed by atoms with Gasteiger partial charge in [0.1, 0.15) is 0 Å². The molecule has 1 nitrogen and oxygen atoms in total. The van der Waals surface area contributed by atoms with Crippen molar-refractivity contribution < 1.29 is 4.80 Å². The van der Waals surface area contributed by atoms with Gasteiger partial charge in [0.05, 0.1) is 0 Å². The van der Waals surface area contributed by atoms with Crippen molar-refractivity contribution in [3.8, 4) is 0 Å². The first-order valence-corrected chi connectivity index (χ1v) is 7.78. The molecule has 0 spiro atoms. The maximum absolute atomic E-state index is 10.6. The van der Waals surface area contributed by atoms with Crippen molar-refractivity contribution in [3.05, 3.63) is 29.8 Å². The third-order valence-electron chi connectivity index (χ3n) is 2.89. The maximum atomic E-state index is 10.6. The van der Waals surface area contributed by atoms with Gasteiger partial charge in [-0.2, -0.15) is 0 Å². The predicted molar refractivity (Wildman–Crippen MR) is 64.4 cm³/mol. The second-order valence-electron chi connectivity index (χ2n) is 3.95. The molecule has 14 heavy (non-hydrogen) atoms. The number of hydrogen-bond acceptors (Lipinski definition) is 1. The normalized spacial score (nSPS) is 15.1. The van der Waals surface area contributed by atoms with E-state index in [1.165, 1.54) is 10.8 Å². The second kappa shape index (κ2) is 4.76. The molecule has 0 aliphatic carbocycles. The van der Waals surface area contributed by atoms with E-state index >= 15 is 0 Å². The molecular weight excluding hydrogens is 188 g/mol. The fourth-order valence-electron chi connectivity index (χ4n) is 2.01. The van der Waals surface area contributed by atoms with Crippen molar-refractivity contribution in [1.29, 1.82) is 0 Å². The molecule has 0 aliphatic heterocycles. The molecule has 0 aromatic heterocycles. The van der Waals surface area contributed by atoms with Crippen LogP contribution in [0.3, 0.4) is 0 Å². The molecule has 0 radical (unpaired) electrons. The average molecular weight is 208 g/mol. The molecule has 1 N–H and O–H groups in total. The van der Waals surface area contributed by atoms with Crippen LogP contribution in [0, 0.1) is 6.92 Å². The lowest BCUT2D eigenvalue weighted by molar-refractivity contribution is 0.544. The minimum absolute atomic E-state index is 0.922. The highest BCUT2D eigenvalue weighted by Crippen LogP contribution is 2.15. The molecule has 1 unspecified atom stereocenters. The Morgan fingerprint density at radius 3 is 2.36 bits per heavy atom. The lowest BCUT2D eigenvalue weighted by Crippen LogP contribution is -2.48. The SMILES string of the molecule is CCC[Si](O)(CC)c1ccccc1C. The summed E-state index contributed by atoms with van der Waals surface area (Å²) < 4.78 is 0. The Bertz CT molecular complexity index is 298. The van der Waals surface area contributed by atoms with Crippen molar-refractivity contribution in [2.75, 3.05) is 0 Å². The summed E-state index contributed by atoms with van der Waals surface area (Å²) >= 11 is 0. The minimum atomic E-state index is -2.14. The van der Waals surface area contributed by atoms with Crippen molar-refractivity contribution >= 4 is 13.5 Å². The van der Waals surface area contributed by atoms with Crippen LogP contribution in [0.1, 0.15) is 25.8 Å². The molecule has 0 saturated carbocycles. The van der Waals surface area contributed by atoms with Gasteiger partial charge in [0.15, 0.2) is 0 Å². The largest absolute Gasteiger partial charge is 0.427 e. The summed E-state index contributed by atoms with van der Waals surface area (Å²) in [4.78, 5) is 10.6. The van der Waals surface area contributed by atoms with Crippen LogP contribution in [0.25, 0.3) is 0 Å². The highest BCUT2D eigenvalue weighted by Gasteiger charge is 2.31. The molecule has 1 atom stereocenters. The summed E-state index contributed by atoms with van der Waals surface area (Å²) in [7, 11) is -2.14. The van der Waals surface area contributed by atoms with Gasteiger partial charge in [-0.25, -0.2) is 0 Å². The van der Waals surface area contributed by atoms with E-state index in [-0.39, 0.29) is 0 Å². The molecule has 0 aliphatic rings. The van der Waals surface area contributed by atoms with Crippen LogP contribution in [-0.2, 0) is 0 Å². The van der Waals surface area contributed by atoms with Crippen LogP contribution in [-0.4, -0.2) is 13.1 Å². The van der Waals surface area contributed by atoms with E-state index in [9.17, 15) is 4.80 Å². The van der Waals surface area contributed by atoms with E-state index in [0.717, 1.165) is 18.5 Å². The molecule has 0 bridgehead atoms. The smallest absolute Gasteiger partial charge is 0.220 e. The Morgan fingerprint density at radius 1 is 1.21 bits per heavy atom. The van der Waals surface area contributed by atoms with E-state index in [1.807, 2.05) is 12.1 Å². The number of rotatable bonds is 4. The van der Waals surface area contributed by atoms with E-state index in [0.29, 0.717) is 0 Å². The second-order valence-corrected chi connectivity index (χ2v) is 7.76. The zero-order chi connectivity index (χ0) is 10.6. The zero-order valence-corrected chi connectivity index (χ0v) is 10.4. The summed E-state index contributed by atoms with van der Waals surface area (Å²) in [5, 5.41) is 1.23. The number of hydrogen-bond donors (Lipinski definition) is 1. The van der Waals surface area contributed by atoms with Crippen molar-refractivity contribution in [2.24, 2.45) is 0 Å². The molecule has 1 aromatic carbocycles. The summed E-state index contributed by atoms with van der Waals surface area (Å²) in [5.74, 6) is 0. The van der Waals surface area contributed by atoms with Gasteiger partial charge >= 0.3 is 0 Å². The van der Waals surface area contributed by atoms with E-state index in [4.69, 9.17) is 0 Å². The van der Waals surface area contributed by atoms with Crippen LogP contribution < -0.4 is 5.19 Å². The summed E-state index contributed by atoms with van der Waals surface area (Å²) in [6.07, 6.45) is 1.07. The van der Waals surface area contributed by atoms with E-state index < -0.39 is 8.32 Å². The predicted octanol–water partition coefficient (Wildman–Crippen LogP) is 2.57. The molecule has 78 valence electrons. The first kappa shape index (κ1) is 11.5. The number of aryl methyl sites for hydroxylation is 1. The fraction of sp³-hybridized carbons (Fsp3) is 0.500. The Hall–Kier alpha value is -0.603. The number of benzene rings is 1. The summed E-state index contributed by atoms with van der Waals surface area (Å²) in [6.45, 7) is 6.35. The van der Waals surface area contributed by atoms with Gasteiger partial charge in [0.2, 0.25) is 8.32 Å². The summed E-state index contributed by atoms with van der Waals surface area (Å²) in [6, 6.07) is 10.2. The summed E-state index contributed by atoms with van der Waals surface area (Å²) in [5.41, 5.74) is 1.25. The van der Waals surface area contributed by atoms with Crippen molar-refractivity contribution in [2.45, 2.75) is 39.3 Å². The molecule has 0 amide bonds. The average Bonchev–Trinajstić information content (AvgIpc) is 2.18. The Balaban J connectivity index is 3.05.